The van der Waals surface area contributed by atoms with E-state index in [1.54, 1.807) is 42.5 Å². The molecule has 1 amide bonds. The maximum absolute atomic E-state index is 12.7. The zero-order chi connectivity index (χ0) is 22.2. The minimum atomic E-state index is -3.75. The first-order valence-corrected chi connectivity index (χ1v) is 11.9. The van der Waals surface area contributed by atoms with Crippen LogP contribution in [0.2, 0.25) is 0 Å². The van der Waals surface area contributed by atoms with Crippen LogP contribution in [0.4, 0.5) is 10.8 Å². The molecule has 31 heavy (non-hydrogen) atoms. The average Bonchev–Trinajstić information content (AvgIpc) is 3.09. The summed E-state index contributed by atoms with van der Waals surface area (Å²) in [5, 5.41) is 3.30. The number of aromatic nitrogens is 1. The van der Waals surface area contributed by atoms with E-state index in [2.05, 4.69) is 21.1 Å². The summed E-state index contributed by atoms with van der Waals surface area (Å²) in [5.41, 5.74) is 4.76. The van der Waals surface area contributed by atoms with Crippen molar-refractivity contribution in [1.82, 2.24) is 4.98 Å². The summed E-state index contributed by atoms with van der Waals surface area (Å²) < 4.78 is 28.8. The molecule has 0 saturated heterocycles. The van der Waals surface area contributed by atoms with Crippen LogP contribution in [0.15, 0.2) is 65.6 Å². The molecule has 0 atom stereocenters. The van der Waals surface area contributed by atoms with Gasteiger partial charge in [-0.1, -0.05) is 35.1 Å². The Morgan fingerprint density at radius 1 is 0.935 bits per heavy atom. The summed E-state index contributed by atoms with van der Waals surface area (Å²) in [6.07, 6.45) is 0. The van der Waals surface area contributed by atoms with Gasteiger partial charge in [0.05, 0.1) is 15.1 Å². The molecule has 1 aromatic heterocycles. The maximum Gasteiger partial charge on any atom is 0.261 e. The van der Waals surface area contributed by atoms with Gasteiger partial charge in [0, 0.05) is 11.3 Å². The van der Waals surface area contributed by atoms with Crippen LogP contribution in [0.3, 0.4) is 0 Å². The number of aryl methyl sites for hydroxylation is 3. The molecule has 2 N–H and O–H groups in total. The molecule has 4 aromatic rings. The molecular weight excluding hydrogens is 430 g/mol. The van der Waals surface area contributed by atoms with Crippen molar-refractivity contribution in [2.75, 3.05) is 10.0 Å². The molecule has 3 aromatic carbocycles. The lowest BCUT2D eigenvalue weighted by molar-refractivity contribution is 0.102. The SMILES string of the molecule is Cc1ccc(S(=O)(=O)Nc2cccc(C(=O)Nc3nc4cc(C)c(C)cc4s3)c2)cc1. The molecule has 0 aliphatic rings. The first-order valence-electron chi connectivity index (χ1n) is 9.60. The largest absolute Gasteiger partial charge is 0.298 e. The molecule has 0 spiro atoms. The molecule has 158 valence electrons. The molecule has 0 radical (unpaired) electrons. The highest BCUT2D eigenvalue weighted by atomic mass is 32.2. The van der Waals surface area contributed by atoms with Crippen LogP contribution in [0, 0.1) is 20.8 Å². The molecule has 0 bridgehead atoms. The van der Waals surface area contributed by atoms with Crippen molar-refractivity contribution in [3.8, 4) is 0 Å². The average molecular weight is 452 g/mol. The fourth-order valence-electron chi connectivity index (χ4n) is 3.06. The third-order valence-electron chi connectivity index (χ3n) is 4.93. The lowest BCUT2D eigenvalue weighted by Gasteiger charge is -2.10. The highest BCUT2D eigenvalue weighted by Gasteiger charge is 2.16. The molecule has 8 heteroatoms. The molecule has 0 saturated carbocycles. The van der Waals surface area contributed by atoms with Crippen LogP contribution in [0.5, 0.6) is 0 Å². The molecule has 0 aliphatic carbocycles. The highest BCUT2D eigenvalue weighted by Crippen LogP contribution is 2.29. The van der Waals surface area contributed by atoms with Crippen molar-refractivity contribution in [3.63, 3.8) is 0 Å². The number of thiazole rings is 1. The minimum Gasteiger partial charge on any atom is -0.298 e. The number of rotatable bonds is 5. The van der Waals surface area contributed by atoms with E-state index in [0.717, 1.165) is 21.3 Å². The van der Waals surface area contributed by atoms with Gasteiger partial charge in [-0.2, -0.15) is 0 Å². The van der Waals surface area contributed by atoms with E-state index in [-0.39, 0.29) is 10.8 Å². The van der Waals surface area contributed by atoms with E-state index < -0.39 is 10.0 Å². The van der Waals surface area contributed by atoms with Gasteiger partial charge in [0.1, 0.15) is 0 Å². The van der Waals surface area contributed by atoms with Crippen LogP contribution in [-0.2, 0) is 10.0 Å². The first kappa shape index (κ1) is 21.0. The zero-order valence-electron chi connectivity index (χ0n) is 17.3. The van der Waals surface area contributed by atoms with Gasteiger partial charge in [-0.15, -0.1) is 0 Å². The number of benzene rings is 3. The van der Waals surface area contributed by atoms with E-state index in [9.17, 15) is 13.2 Å². The Labute approximate surface area is 185 Å². The number of nitrogens with zero attached hydrogens (tertiary/aromatic N) is 1. The van der Waals surface area contributed by atoms with Crippen molar-refractivity contribution in [3.05, 3.63) is 82.9 Å². The standard InChI is InChI=1S/C23H21N3O3S2/c1-14-7-9-19(10-8-14)31(28,29)26-18-6-4-5-17(13-18)22(27)25-23-24-20-11-15(2)16(3)12-21(20)30-23/h4-13,26H,1-3H3,(H,24,25,27). The van der Waals surface area contributed by atoms with E-state index in [0.29, 0.717) is 16.4 Å². The topological polar surface area (TPSA) is 88.2 Å². The third kappa shape index (κ3) is 4.60. The predicted molar refractivity (Wildman–Crippen MR) is 125 cm³/mol. The Bertz CT molecular complexity index is 1350. The molecule has 0 unspecified atom stereocenters. The van der Waals surface area contributed by atoms with Gasteiger partial charge < -0.3 is 0 Å². The van der Waals surface area contributed by atoms with Crippen molar-refractivity contribution in [2.24, 2.45) is 0 Å². The Morgan fingerprint density at radius 3 is 2.39 bits per heavy atom. The second-order valence-corrected chi connectivity index (χ2v) is 10.1. The number of hydrogen-bond acceptors (Lipinski definition) is 5. The molecule has 0 aliphatic heterocycles. The predicted octanol–water partition coefficient (Wildman–Crippen LogP) is 5.27. The second kappa shape index (κ2) is 8.13. The number of carbonyl (C=O) groups is 1. The van der Waals surface area contributed by atoms with Gasteiger partial charge in [0.15, 0.2) is 5.13 Å². The summed E-state index contributed by atoms with van der Waals surface area (Å²) >= 11 is 1.40. The Hall–Kier alpha value is -3.23. The number of sulfonamides is 1. The van der Waals surface area contributed by atoms with Crippen molar-refractivity contribution in [2.45, 2.75) is 25.7 Å². The molecular formula is C23H21N3O3S2. The number of fused-ring (bicyclic) bond motifs is 1. The van der Waals surface area contributed by atoms with Crippen molar-refractivity contribution < 1.29 is 13.2 Å². The molecule has 6 nitrogen and oxygen atoms in total. The van der Waals surface area contributed by atoms with Gasteiger partial charge in [0.2, 0.25) is 0 Å². The number of nitrogens with one attached hydrogen (secondary N) is 2. The van der Waals surface area contributed by atoms with Gasteiger partial charge in [-0.05, 0) is 74.4 Å². The number of amides is 1. The maximum atomic E-state index is 12.7. The lowest BCUT2D eigenvalue weighted by atomic mass is 10.1. The quantitative estimate of drug-likeness (QED) is 0.432. The fraction of sp³-hybridized carbons (Fsp3) is 0.130. The van der Waals surface area contributed by atoms with E-state index in [4.69, 9.17) is 0 Å². The van der Waals surface area contributed by atoms with Crippen LogP contribution in [0.25, 0.3) is 10.2 Å². The van der Waals surface area contributed by atoms with E-state index in [1.807, 2.05) is 26.8 Å². The van der Waals surface area contributed by atoms with Crippen molar-refractivity contribution in [1.29, 1.82) is 0 Å². The summed E-state index contributed by atoms with van der Waals surface area (Å²) in [6.45, 7) is 5.95. The zero-order valence-corrected chi connectivity index (χ0v) is 18.9. The number of carbonyl (C=O) groups excluding carboxylic acids is 1. The number of anilines is 2. The van der Waals surface area contributed by atoms with E-state index in [1.165, 1.54) is 23.0 Å². The van der Waals surface area contributed by atoms with E-state index >= 15 is 0 Å². The lowest BCUT2D eigenvalue weighted by Crippen LogP contribution is -2.15. The number of hydrogen-bond donors (Lipinski definition) is 2. The fourth-order valence-corrected chi connectivity index (χ4v) is 5.05. The van der Waals surface area contributed by atoms with Crippen LogP contribution in [-0.4, -0.2) is 19.3 Å². The Kier molecular flexibility index (Phi) is 5.51. The van der Waals surface area contributed by atoms with Crippen molar-refractivity contribution >= 4 is 48.3 Å². The van der Waals surface area contributed by atoms with Gasteiger partial charge in [0.25, 0.3) is 15.9 Å². The Morgan fingerprint density at radius 2 is 1.65 bits per heavy atom. The molecule has 1 heterocycles. The highest BCUT2D eigenvalue weighted by molar-refractivity contribution is 7.92. The second-order valence-electron chi connectivity index (χ2n) is 7.38. The Balaban J connectivity index is 1.53. The van der Waals surface area contributed by atoms with Gasteiger partial charge in [-0.3, -0.25) is 14.8 Å². The van der Waals surface area contributed by atoms with Crippen LogP contribution >= 0.6 is 11.3 Å². The molecule has 4 rings (SSSR count). The summed E-state index contributed by atoms with van der Waals surface area (Å²) in [4.78, 5) is 17.4. The van der Waals surface area contributed by atoms with Crippen LogP contribution in [0.1, 0.15) is 27.0 Å². The normalized spacial score (nSPS) is 11.5. The minimum absolute atomic E-state index is 0.160. The monoisotopic (exact) mass is 451 g/mol. The summed E-state index contributed by atoms with van der Waals surface area (Å²) in [5.74, 6) is -0.358. The summed E-state index contributed by atoms with van der Waals surface area (Å²) in [7, 11) is -3.75. The van der Waals surface area contributed by atoms with Crippen LogP contribution < -0.4 is 10.0 Å². The van der Waals surface area contributed by atoms with Gasteiger partial charge in [-0.25, -0.2) is 13.4 Å². The third-order valence-corrected chi connectivity index (χ3v) is 7.26. The molecule has 0 fully saturated rings. The smallest absolute Gasteiger partial charge is 0.261 e. The first-order chi connectivity index (χ1) is 14.7. The van der Waals surface area contributed by atoms with Gasteiger partial charge >= 0.3 is 0 Å². The summed E-state index contributed by atoms with van der Waals surface area (Å²) in [6, 6.07) is 17.0.